The van der Waals surface area contributed by atoms with E-state index in [-0.39, 0.29) is 5.91 Å². The molecule has 0 unspecified atom stereocenters. The summed E-state index contributed by atoms with van der Waals surface area (Å²) in [7, 11) is 1.79. The topological polar surface area (TPSA) is 59.2 Å². The summed E-state index contributed by atoms with van der Waals surface area (Å²) in [6.07, 6.45) is 1.81. The molecule has 1 aromatic heterocycles. The number of aromatic nitrogens is 1. The number of nitrogens with zero attached hydrogens (tertiary/aromatic N) is 2. The zero-order valence-electron chi connectivity index (χ0n) is 11.3. The van der Waals surface area contributed by atoms with E-state index in [9.17, 15) is 4.79 Å². The summed E-state index contributed by atoms with van der Waals surface area (Å²) in [6, 6.07) is 5.40. The highest BCUT2D eigenvalue weighted by Crippen LogP contribution is 2.17. The molecule has 2 aromatic rings. The van der Waals surface area contributed by atoms with Crippen molar-refractivity contribution < 1.29 is 4.79 Å². The summed E-state index contributed by atoms with van der Waals surface area (Å²) < 4.78 is 0. The Kier molecular flexibility index (Phi) is 3.85. The van der Waals surface area contributed by atoms with Gasteiger partial charge in [0.25, 0.3) is 5.91 Å². The average molecular weight is 275 g/mol. The number of anilines is 1. The molecule has 1 heterocycles. The Hall–Kier alpha value is -1.88. The number of nitrogens with two attached hydrogens (primary N) is 1. The predicted octanol–water partition coefficient (Wildman–Crippen LogP) is 2.61. The van der Waals surface area contributed by atoms with E-state index in [1.807, 2.05) is 32.2 Å². The van der Waals surface area contributed by atoms with Crippen molar-refractivity contribution in [1.82, 2.24) is 9.88 Å². The smallest absolute Gasteiger partial charge is 0.253 e. The molecule has 1 amide bonds. The standard InChI is InChI=1S/C14H17N3OS/c1-9-4-5-11(6-13(9)15)14(18)17(3)8-12-7-16-10(2)19-12/h4-7H,8,15H2,1-3H3. The van der Waals surface area contributed by atoms with E-state index >= 15 is 0 Å². The van der Waals surface area contributed by atoms with Gasteiger partial charge >= 0.3 is 0 Å². The highest BCUT2D eigenvalue weighted by molar-refractivity contribution is 7.11. The molecular weight excluding hydrogens is 258 g/mol. The predicted molar refractivity (Wildman–Crippen MR) is 78.2 cm³/mol. The van der Waals surface area contributed by atoms with E-state index in [4.69, 9.17) is 5.73 Å². The maximum Gasteiger partial charge on any atom is 0.253 e. The van der Waals surface area contributed by atoms with Gasteiger partial charge in [-0.15, -0.1) is 11.3 Å². The van der Waals surface area contributed by atoms with Crippen LogP contribution >= 0.6 is 11.3 Å². The summed E-state index contributed by atoms with van der Waals surface area (Å²) in [5.74, 6) is -0.0299. The van der Waals surface area contributed by atoms with E-state index in [2.05, 4.69) is 4.98 Å². The van der Waals surface area contributed by atoms with Crippen molar-refractivity contribution in [3.05, 3.63) is 45.4 Å². The van der Waals surface area contributed by atoms with Crippen LogP contribution < -0.4 is 5.73 Å². The van der Waals surface area contributed by atoms with Crippen LogP contribution in [0.25, 0.3) is 0 Å². The molecule has 0 spiro atoms. The number of hydrogen-bond acceptors (Lipinski definition) is 4. The van der Waals surface area contributed by atoms with Crippen LogP contribution in [-0.2, 0) is 6.54 Å². The van der Waals surface area contributed by atoms with Crippen LogP contribution in [0.2, 0.25) is 0 Å². The molecule has 0 saturated carbocycles. The Bertz CT molecular complexity index is 606. The van der Waals surface area contributed by atoms with E-state index in [1.54, 1.807) is 29.4 Å². The molecule has 2 rings (SSSR count). The lowest BCUT2D eigenvalue weighted by Gasteiger charge is -2.16. The Balaban J connectivity index is 2.12. The molecule has 0 saturated heterocycles. The summed E-state index contributed by atoms with van der Waals surface area (Å²) in [5.41, 5.74) is 8.08. The van der Waals surface area contributed by atoms with Crippen LogP contribution in [0.5, 0.6) is 0 Å². The third kappa shape index (κ3) is 3.12. The second kappa shape index (κ2) is 5.40. The van der Waals surface area contributed by atoms with Crippen molar-refractivity contribution in [3.63, 3.8) is 0 Å². The number of hydrogen-bond donors (Lipinski definition) is 1. The number of carbonyl (C=O) groups is 1. The van der Waals surface area contributed by atoms with Gasteiger partial charge in [0, 0.05) is 29.4 Å². The molecule has 0 aliphatic carbocycles. The number of nitrogen functional groups attached to an aromatic ring is 1. The van der Waals surface area contributed by atoms with Crippen molar-refractivity contribution in [2.75, 3.05) is 12.8 Å². The zero-order valence-corrected chi connectivity index (χ0v) is 12.1. The molecule has 0 aliphatic rings. The monoisotopic (exact) mass is 275 g/mol. The Morgan fingerprint density at radius 1 is 1.42 bits per heavy atom. The van der Waals surface area contributed by atoms with Crippen molar-refractivity contribution in [2.24, 2.45) is 0 Å². The first-order chi connectivity index (χ1) is 8.97. The molecule has 5 heteroatoms. The molecule has 4 nitrogen and oxygen atoms in total. The van der Waals surface area contributed by atoms with Gasteiger partial charge in [-0.05, 0) is 31.5 Å². The first kappa shape index (κ1) is 13.5. The van der Waals surface area contributed by atoms with Gasteiger partial charge in [0.1, 0.15) is 0 Å². The first-order valence-electron chi connectivity index (χ1n) is 6.00. The van der Waals surface area contributed by atoms with Crippen molar-refractivity contribution in [2.45, 2.75) is 20.4 Å². The molecule has 1 aromatic carbocycles. The van der Waals surface area contributed by atoms with Gasteiger partial charge in [-0.3, -0.25) is 4.79 Å². The van der Waals surface area contributed by atoms with Gasteiger partial charge in [0.15, 0.2) is 0 Å². The lowest BCUT2D eigenvalue weighted by atomic mass is 10.1. The van der Waals surface area contributed by atoms with Gasteiger partial charge in [-0.1, -0.05) is 6.07 Å². The Labute approximate surface area is 116 Å². The third-order valence-corrected chi connectivity index (χ3v) is 3.83. The second-order valence-corrected chi connectivity index (χ2v) is 5.90. The highest BCUT2D eigenvalue weighted by Gasteiger charge is 2.13. The molecule has 0 bridgehead atoms. The van der Waals surface area contributed by atoms with Gasteiger partial charge in [-0.25, -0.2) is 4.98 Å². The minimum atomic E-state index is -0.0299. The minimum Gasteiger partial charge on any atom is -0.398 e. The van der Waals surface area contributed by atoms with Crippen LogP contribution in [0.15, 0.2) is 24.4 Å². The normalized spacial score (nSPS) is 10.5. The minimum absolute atomic E-state index is 0.0299. The van der Waals surface area contributed by atoms with Crippen LogP contribution in [-0.4, -0.2) is 22.8 Å². The fourth-order valence-corrected chi connectivity index (χ4v) is 2.63. The molecular formula is C14H17N3OS. The average Bonchev–Trinajstić information content (AvgIpc) is 2.77. The number of carbonyl (C=O) groups excluding carboxylic acids is 1. The van der Waals surface area contributed by atoms with E-state index < -0.39 is 0 Å². The van der Waals surface area contributed by atoms with Crippen LogP contribution in [0.4, 0.5) is 5.69 Å². The van der Waals surface area contributed by atoms with E-state index in [0.29, 0.717) is 17.8 Å². The van der Waals surface area contributed by atoms with Gasteiger partial charge in [0.05, 0.1) is 11.6 Å². The number of aryl methyl sites for hydroxylation is 2. The molecule has 19 heavy (non-hydrogen) atoms. The van der Waals surface area contributed by atoms with E-state index in [1.165, 1.54) is 0 Å². The van der Waals surface area contributed by atoms with Gasteiger partial charge < -0.3 is 10.6 Å². The van der Waals surface area contributed by atoms with Crippen molar-refractivity contribution in [1.29, 1.82) is 0 Å². The van der Waals surface area contributed by atoms with Gasteiger partial charge in [-0.2, -0.15) is 0 Å². The maximum absolute atomic E-state index is 12.3. The summed E-state index contributed by atoms with van der Waals surface area (Å²) in [4.78, 5) is 19.2. The third-order valence-electron chi connectivity index (χ3n) is 2.94. The lowest BCUT2D eigenvalue weighted by molar-refractivity contribution is 0.0786. The summed E-state index contributed by atoms with van der Waals surface area (Å²) in [5, 5.41) is 1.01. The van der Waals surface area contributed by atoms with Crippen LogP contribution in [0, 0.1) is 13.8 Å². The summed E-state index contributed by atoms with van der Waals surface area (Å²) >= 11 is 1.60. The highest BCUT2D eigenvalue weighted by atomic mass is 32.1. The molecule has 0 radical (unpaired) electrons. The first-order valence-corrected chi connectivity index (χ1v) is 6.82. The number of rotatable bonds is 3. The SMILES string of the molecule is Cc1ncc(CN(C)C(=O)c2ccc(C)c(N)c2)s1. The molecule has 0 aliphatic heterocycles. The largest absolute Gasteiger partial charge is 0.398 e. The molecule has 0 atom stereocenters. The number of benzene rings is 1. The second-order valence-electron chi connectivity index (χ2n) is 4.58. The molecule has 100 valence electrons. The fourth-order valence-electron chi connectivity index (χ4n) is 1.78. The van der Waals surface area contributed by atoms with Crippen LogP contribution in [0.3, 0.4) is 0 Å². The number of thiazole rings is 1. The lowest BCUT2D eigenvalue weighted by Crippen LogP contribution is -2.25. The zero-order chi connectivity index (χ0) is 14.0. The van der Waals surface area contributed by atoms with Crippen molar-refractivity contribution >= 4 is 22.9 Å². The quantitative estimate of drug-likeness (QED) is 0.876. The molecule has 2 N–H and O–H groups in total. The fraction of sp³-hybridized carbons (Fsp3) is 0.286. The Morgan fingerprint density at radius 3 is 2.74 bits per heavy atom. The van der Waals surface area contributed by atoms with Gasteiger partial charge in [0.2, 0.25) is 0 Å². The van der Waals surface area contributed by atoms with Crippen LogP contribution in [0.1, 0.15) is 25.8 Å². The van der Waals surface area contributed by atoms with Crippen molar-refractivity contribution in [3.8, 4) is 0 Å². The van der Waals surface area contributed by atoms with E-state index in [0.717, 1.165) is 15.4 Å². The molecule has 0 fully saturated rings. The number of amides is 1. The Morgan fingerprint density at radius 2 is 2.16 bits per heavy atom. The maximum atomic E-state index is 12.3. The summed E-state index contributed by atoms with van der Waals surface area (Å²) in [6.45, 7) is 4.45.